The molecule has 6 rings (SSSR count). The van der Waals surface area contributed by atoms with Crippen LogP contribution in [0.4, 0.5) is 0 Å². The van der Waals surface area contributed by atoms with E-state index in [1.165, 1.54) is 11.1 Å². The fraction of sp³-hybridized carbons (Fsp3) is 0.312. The van der Waals surface area contributed by atoms with E-state index >= 15 is 0 Å². The summed E-state index contributed by atoms with van der Waals surface area (Å²) in [5.41, 5.74) is 5.23. The molecule has 0 spiro atoms. The van der Waals surface area contributed by atoms with Gasteiger partial charge in [-0.25, -0.2) is 9.59 Å². The van der Waals surface area contributed by atoms with Crippen molar-refractivity contribution in [1.82, 2.24) is 0 Å². The lowest BCUT2D eigenvalue weighted by Gasteiger charge is -2.38. The Labute approximate surface area is 211 Å². The summed E-state index contributed by atoms with van der Waals surface area (Å²) in [6, 6.07) is 13.6. The van der Waals surface area contributed by atoms with Crippen molar-refractivity contribution in [3.63, 3.8) is 0 Å². The first kappa shape index (κ1) is 22.4. The summed E-state index contributed by atoms with van der Waals surface area (Å²) >= 11 is 0. The minimum absolute atomic E-state index is 0.130. The van der Waals surface area contributed by atoms with Gasteiger partial charge in [-0.15, -0.1) is 12.8 Å². The van der Waals surface area contributed by atoms with Gasteiger partial charge in [0.05, 0.1) is 11.1 Å². The van der Waals surface area contributed by atoms with Crippen molar-refractivity contribution < 1.29 is 19.1 Å². The molecule has 0 amide bonds. The van der Waals surface area contributed by atoms with Gasteiger partial charge in [-0.2, -0.15) is 0 Å². The number of carbonyl (C=O) groups is 2. The number of rotatable bonds is 4. The van der Waals surface area contributed by atoms with Gasteiger partial charge in [-0.1, -0.05) is 29.6 Å². The molecular weight excluding hydrogens is 448 g/mol. The Kier molecular flexibility index (Phi) is 5.54. The van der Waals surface area contributed by atoms with Crippen LogP contribution in [0, 0.1) is 48.4 Å². The van der Waals surface area contributed by atoms with Crippen molar-refractivity contribution in [3.05, 3.63) is 94.1 Å². The Morgan fingerprint density at radius 3 is 1.89 bits per heavy atom. The number of terminal acetylenes is 2. The number of hydrogen-bond donors (Lipinski definition) is 0. The van der Waals surface area contributed by atoms with Crippen molar-refractivity contribution in [1.29, 1.82) is 0 Å². The van der Waals surface area contributed by atoms with Crippen LogP contribution in [0.2, 0.25) is 0 Å². The van der Waals surface area contributed by atoms with Gasteiger partial charge in [0.2, 0.25) is 0 Å². The first-order valence-corrected chi connectivity index (χ1v) is 12.5. The fourth-order valence-electron chi connectivity index (χ4n) is 6.84. The normalized spacial score (nSPS) is 29.2. The standard InChI is InChI=1S/C32H26O4/c1-3-19-9-13-21(14-10-19)31(33)35-29-26-18-27(28-24-8-6-5-7-23(24)17-25(26)28)30(29)36-32(34)22-15-11-20(4-2)12-16-22/h1-2,6,8-16,25-30H,5,7,17-18H2. The minimum Gasteiger partial charge on any atom is -0.455 e. The Balaban J connectivity index is 1.28. The maximum absolute atomic E-state index is 13.2. The second kappa shape index (κ2) is 8.89. The van der Waals surface area contributed by atoms with Gasteiger partial charge >= 0.3 is 11.9 Å². The van der Waals surface area contributed by atoms with E-state index in [1.54, 1.807) is 48.5 Å². The van der Waals surface area contributed by atoms with Gasteiger partial charge in [0.1, 0.15) is 12.2 Å². The Morgan fingerprint density at radius 1 is 0.778 bits per heavy atom. The maximum Gasteiger partial charge on any atom is 0.338 e. The number of carbonyl (C=O) groups excluding carboxylic acids is 2. The largest absolute Gasteiger partial charge is 0.455 e. The van der Waals surface area contributed by atoms with E-state index in [2.05, 4.69) is 24.0 Å². The Bertz CT molecular complexity index is 1360. The minimum atomic E-state index is -0.493. The molecule has 4 aliphatic rings. The van der Waals surface area contributed by atoms with Crippen molar-refractivity contribution in [2.75, 3.05) is 0 Å². The van der Waals surface area contributed by atoms with Crippen LogP contribution in [0.1, 0.15) is 57.5 Å². The molecule has 0 N–H and O–H groups in total. The van der Waals surface area contributed by atoms with Gasteiger partial charge in [-0.3, -0.25) is 0 Å². The molecule has 0 aliphatic heterocycles. The van der Waals surface area contributed by atoms with Crippen LogP contribution in [-0.2, 0) is 9.47 Å². The molecular formula is C32H26O4. The molecule has 4 aliphatic carbocycles. The summed E-state index contributed by atoms with van der Waals surface area (Å²) in [6.45, 7) is 0. The van der Waals surface area contributed by atoms with E-state index < -0.39 is 24.1 Å². The lowest BCUT2D eigenvalue weighted by atomic mass is 9.75. The van der Waals surface area contributed by atoms with Crippen LogP contribution in [0.5, 0.6) is 0 Å². The van der Waals surface area contributed by atoms with Crippen LogP contribution in [0.3, 0.4) is 0 Å². The van der Waals surface area contributed by atoms with Crippen molar-refractivity contribution >= 4 is 11.9 Å². The molecule has 0 aromatic heterocycles. The first-order valence-electron chi connectivity index (χ1n) is 12.5. The zero-order valence-electron chi connectivity index (χ0n) is 19.9. The maximum atomic E-state index is 13.2. The second-order valence-electron chi connectivity index (χ2n) is 10.1. The van der Waals surface area contributed by atoms with E-state index in [4.69, 9.17) is 22.3 Å². The molecule has 4 nitrogen and oxygen atoms in total. The highest BCUT2D eigenvalue weighted by Gasteiger charge is 2.63. The molecule has 2 aromatic rings. The molecule has 6 unspecified atom stereocenters. The van der Waals surface area contributed by atoms with Crippen molar-refractivity contribution in [2.24, 2.45) is 23.7 Å². The van der Waals surface area contributed by atoms with Crippen LogP contribution >= 0.6 is 0 Å². The number of hydrogen-bond acceptors (Lipinski definition) is 4. The van der Waals surface area contributed by atoms with Crippen LogP contribution in [0.15, 0.2) is 71.8 Å². The number of fused-ring (bicyclic) bond motifs is 6. The second-order valence-corrected chi connectivity index (χ2v) is 10.1. The molecule has 0 saturated heterocycles. The Morgan fingerprint density at radius 2 is 1.33 bits per heavy atom. The van der Waals surface area contributed by atoms with Crippen molar-refractivity contribution in [2.45, 2.75) is 37.9 Å². The van der Waals surface area contributed by atoms with Gasteiger partial charge in [0.25, 0.3) is 0 Å². The SMILES string of the molecule is C#Cc1ccc(C(=O)OC2C3CC(C2OC(=O)c2ccc(C#C)cc2)C2C4=C(CCC=C4)CC32)cc1. The van der Waals surface area contributed by atoms with E-state index in [1.807, 2.05) is 0 Å². The number of benzene rings is 2. The Hall–Kier alpha value is -4.02. The lowest BCUT2D eigenvalue weighted by Crippen LogP contribution is -2.46. The van der Waals surface area contributed by atoms with Gasteiger partial charge in [0.15, 0.2) is 0 Å². The first-order chi connectivity index (χ1) is 17.6. The molecule has 6 atom stereocenters. The summed E-state index contributed by atoms with van der Waals surface area (Å²) < 4.78 is 12.3. The van der Waals surface area contributed by atoms with Crippen LogP contribution in [-0.4, -0.2) is 24.1 Å². The third kappa shape index (κ3) is 3.66. The van der Waals surface area contributed by atoms with Crippen LogP contribution in [0.25, 0.3) is 0 Å². The quantitative estimate of drug-likeness (QED) is 0.444. The van der Waals surface area contributed by atoms with Gasteiger partial charge in [-0.05, 0) is 91.6 Å². The zero-order valence-corrected chi connectivity index (χ0v) is 19.9. The smallest absolute Gasteiger partial charge is 0.338 e. The number of ether oxygens (including phenoxy) is 2. The lowest BCUT2D eigenvalue weighted by molar-refractivity contribution is -0.0742. The molecule has 0 radical (unpaired) electrons. The molecule has 2 saturated carbocycles. The number of esters is 2. The molecule has 0 heterocycles. The molecule has 4 heteroatoms. The van der Waals surface area contributed by atoms with Gasteiger partial charge in [0, 0.05) is 23.0 Å². The molecule has 36 heavy (non-hydrogen) atoms. The summed E-state index contributed by atoms with van der Waals surface area (Å²) in [7, 11) is 0. The highest BCUT2D eigenvalue weighted by Crippen LogP contribution is 2.63. The monoisotopic (exact) mass is 474 g/mol. The van der Waals surface area contributed by atoms with E-state index in [0.717, 1.165) is 25.7 Å². The van der Waals surface area contributed by atoms with Gasteiger partial charge < -0.3 is 9.47 Å². The molecule has 2 bridgehead atoms. The summed E-state index contributed by atoms with van der Waals surface area (Å²) in [5.74, 6) is 5.36. The molecule has 2 aromatic carbocycles. The summed E-state index contributed by atoms with van der Waals surface area (Å²) in [6.07, 6.45) is 18.5. The molecule has 178 valence electrons. The average molecular weight is 475 g/mol. The molecule has 2 fully saturated rings. The topological polar surface area (TPSA) is 52.6 Å². The van der Waals surface area contributed by atoms with E-state index in [0.29, 0.717) is 34.1 Å². The van der Waals surface area contributed by atoms with E-state index in [-0.39, 0.29) is 11.8 Å². The average Bonchev–Trinajstić information content (AvgIpc) is 3.58. The zero-order chi connectivity index (χ0) is 24.8. The van der Waals surface area contributed by atoms with Crippen LogP contribution < -0.4 is 0 Å². The fourth-order valence-corrected chi connectivity index (χ4v) is 6.84. The predicted octanol–water partition coefficient (Wildman–Crippen LogP) is 5.33. The highest BCUT2D eigenvalue weighted by atomic mass is 16.6. The van der Waals surface area contributed by atoms with Crippen molar-refractivity contribution in [3.8, 4) is 24.7 Å². The number of allylic oxidation sites excluding steroid dienone is 4. The third-order valence-corrected chi connectivity index (χ3v) is 8.41. The highest BCUT2D eigenvalue weighted by molar-refractivity contribution is 5.90. The van der Waals surface area contributed by atoms with E-state index in [9.17, 15) is 9.59 Å². The third-order valence-electron chi connectivity index (χ3n) is 8.41. The predicted molar refractivity (Wildman–Crippen MR) is 136 cm³/mol. The summed E-state index contributed by atoms with van der Waals surface area (Å²) in [4.78, 5) is 26.3. The summed E-state index contributed by atoms with van der Waals surface area (Å²) in [5, 5.41) is 0.